The normalized spacial score (nSPS) is 13.0. The lowest BCUT2D eigenvalue weighted by Gasteiger charge is -2.18. The molecule has 0 fully saturated rings. The number of unbranched alkanes of at least 4 members (excludes halogenated alkanes) is 20. The summed E-state index contributed by atoms with van der Waals surface area (Å²) in [6.45, 7) is 6.40. The molecule has 71 heavy (non-hydrogen) atoms. The van der Waals surface area contributed by atoms with Crippen molar-refractivity contribution in [3.05, 3.63) is 122 Å². The number of hydrogen-bond donors (Lipinski definition) is 0. The molecule has 0 aromatic carbocycles. The van der Waals surface area contributed by atoms with Gasteiger partial charge in [-0.1, -0.05) is 226 Å². The van der Waals surface area contributed by atoms with Gasteiger partial charge in [0.1, 0.15) is 13.2 Å². The van der Waals surface area contributed by atoms with Crippen LogP contribution in [-0.2, 0) is 28.6 Å². The lowest BCUT2D eigenvalue weighted by Crippen LogP contribution is -2.30. The van der Waals surface area contributed by atoms with Gasteiger partial charge >= 0.3 is 17.9 Å². The van der Waals surface area contributed by atoms with Crippen molar-refractivity contribution < 1.29 is 28.6 Å². The molecule has 0 N–H and O–H groups in total. The maximum atomic E-state index is 12.8. The lowest BCUT2D eigenvalue weighted by molar-refractivity contribution is -0.167. The highest BCUT2D eigenvalue weighted by Crippen LogP contribution is 2.14. The molecule has 0 amide bonds. The smallest absolute Gasteiger partial charge is 0.306 e. The number of esters is 3. The van der Waals surface area contributed by atoms with Crippen molar-refractivity contribution in [1.29, 1.82) is 0 Å². The third-order valence-electron chi connectivity index (χ3n) is 11.9. The van der Waals surface area contributed by atoms with Crippen LogP contribution in [0.5, 0.6) is 0 Å². The Labute approximate surface area is 437 Å². The van der Waals surface area contributed by atoms with E-state index in [1.807, 2.05) is 0 Å². The van der Waals surface area contributed by atoms with Crippen LogP contribution in [0.4, 0.5) is 0 Å². The van der Waals surface area contributed by atoms with Gasteiger partial charge in [0.05, 0.1) is 0 Å². The Balaban J connectivity index is 4.53. The second-order valence-corrected chi connectivity index (χ2v) is 18.8. The van der Waals surface area contributed by atoms with Gasteiger partial charge in [0, 0.05) is 19.3 Å². The Morgan fingerprint density at radius 3 is 0.901 bits per heavy atom. The van der Waals surface area contributed by atoms with Gasteiger partial charge in [0.25, 0.3) is 0 Å². The minimum atomic E-state index is -0.823. The summed E-state index contributed by atoms with van der Waals surface area (Å²) in [5.41, 5.74) is 0. The minimum absolute atomic E-state index is 0.113. The Kier molecular flexibility index (Phi) is 54.9. The molecule has 402 valence electrons. The molecule has 0 saturated carbocycles. The highest BCUT2D eigenvalue weighted by atomic mass is 16.6. The Bertz CT molecular complexity index is 1500. The first-order valence-electron chi connectivity index (χ1n) is 29.0. The molecular formula is C65H106O6. The maximum Gasteiger partial charge on any atom is 0.306 e. The third-order valence-corrected chi connectivity index (χ3v) is 11.9. The van der Waals surface area contributed by atoms with Crippen LogP contribution >= 0.6 is 0 Å². The minimum Gasteiger partial charge on any atom is -0.462 e. The van der Waals surface area contributed by atoms with Crippen molar-refractivity contribution in [1.82, 2.24) is 0 Å². The Hall–Kier alpha value is -4.19. The first kappa shape index (κ1) is 66.8. The molecule has 1 atom stereocenters. The maximum absolute atomic E-state index is 12.8. The van der Waals surface area contributed by atoms with Crippen LogP contribution in [-0.4, -0.2) is 37.2 Å². The van der Waals surface area contributed by atoms with E-state index in [1.54, 1.807) is 0 Å². The summed E-state index contributed by atoms with van der Waals surface area (Å²) >= 11 is 0. The van der Waals surface area contributed by atoms with E-state index in [9.17, 15) is 14.4 Å². The van der Waals surface area contributed by atoms with Crippen molar-refractivity contribution >= 4 is 17.9 Å². The van der Waals surface area contributed by atoms with Gasteiger partial charge < -0.3 is 14.2 Å². The fourth-order valence-electron chi connectivity index (χ4n) is 7.57. The molecule has 0 rings (SSSR count). The third kappa shape index (κ3) is 56.6. The highest BCUT2D eigenvalue weighted by molar-refractivity contribution is 5.71. The van der Waals surface area contributed by atoms with Crippen LogP contribution in [0.1, 0.15) is 252 Å². The number of rotatable bonds is 51. The highest BCUT2D eigenvalue weighted by Gasteiger charge is 2.19. The van der Waals surface area contributed by atoms with E-state index >= 15 is 0 Å². The largest absolute Gasteiger partial charge is 0.462 e. The molecule has 6 heteroatoms. The summed E-state index contributed by atoms with van der Waals surface area (Å²) in [5.74, 6) is -0.999. The summed E-state index contributed by atoms with van der Waals surface area (Å²) in [4.78, 5) is 38.2. The van der Waals surface area contributed by atoms with Crippen molar-refractivity contribution in [3.63, 3.8) is 0 Å². The Morgan fingerprint density at radius 1 is 0.296 bits per heavy atom. The second kappa shape index (κ2) is 58.4. The first-order valence-corrected chi connectivity index (χ1v) is 29.0. The lowest BCUT2D eigenvalue weighted by atomic mass is 10.1. The first-order chi connectivity index (χ1) is 35.0. The predicted molar refractivity (Wildman–Crippen MR) is 306 cm³/mol. The fourth-order valence-corrected chi connectivity index (χ4v) is 7.57. The van der Waals surface area contributed by atoms with Crippen LogP contribution < -0.4 is 0 Å². The van der Waals surface area contributed by atoms with Crippen molar-refractivity contribution in [2.24, 2.45) is 0 Å². The standard InChI is InChI=1S/C65H106O6/c1-4-7-10-13-16-19-22-25-28-31-32-35-37-40-43-46-49-52-55-58-64(67)70-61-62(71-65(68)59-56-53-50-47-44-41-38-34-30-27-24-21-18-15-12-9-6-3)60-69-63(66)57-54-51-48-45-42-39-36-33-29-26-23-20-17-14-11-8-5-2/h9,12,16-21,25-30,36,38-39,41,47,50,62H,4-8,10-11,13-15,22-24,31-35,37,40,42-46,48-49,51-61H2,1-3H3/b12-9-,19-16-,20-17-,21-18-,28-25-,29-26-,30-27-,39-36-,41-38-,50-47-/t62-/m0/s1. The van der Waals surface area contributed by atoms with Crippen molar-refractivity contribution in [2.45, 2.75) is 258 Å². The van der Waals surface area contributed by atoms with Crippen LogP contribution in [0.15, 0.2) is 122 Å². The van der Waals surface area contributed by atoms with Crippen LogP contribution in [0.25, 0.3) is 0 Å². The molecule has 0 aliphatic heterocycles. The van der Waals surface area contributed by atoms with E-state index in [0.717, 1.165) is 109 Å². The average molecular weight is 984 g/mol. The van der Waals surface area contributed by atoms with E-state index < -0.39 is 6.10 Å². The van der Waals surface area contributed by atoms with Gasteiger partial charge in [-0.05, 0) is 128 Å². The molecule has 0 bridgehead atoms. The van der Waals surface area contributed by atoms with Crippen LogP contribution in [0, 0.1) is 0 Å². The van der Waals surface area contributed by atoms with E-state index in [0.29, 0.717) is 19.3 Å². The summed E-state index contributed by atoms with van der Waals surface area (Å²) in [7, 11) is 0. The number of allylic oxidation sites excluding steroid dienone is 20. The van der Waals surface area contributed by atoms with Crippen LogP contribution in [0.2, 0.25) is 0 Å². The van der Waals surface area contributed by atoms with Gasteiger partial charge in [-0.3, -0.25) is 14.4 Å². The van der Waals surface area contributed by atoms with Gasteiger partial charge in [-0.25, -0.2) is 0 Å². The molecule has 0 unspecified atom stereocenters. The van der Waals surface area contributed by atoms with E-state index in [4.69, 9.17) is 14.2 Å². The summed E-state index contributed by atoms with van der Waals surface area (Å²) in [6.07, 6.45) is 80.4. The summed E-state index contributed by atoms with van der Waals surface area (Å²) in [5, 5.41) is 0. The Morgan fingerprint density at radius 2 is 0.563 bits per heavy atom. The zero-order valence-corrected chi connectivity index (χ0v) is 45.9. The topological polar surface area (TPSA) is 78.9 Å². The van der Waals surface area contributed by atoms with Crippen molar-refractivity contribution in [3.8, 4) is 0 Å². The molecule has 6 nitrogen and oxygen atoms in total. The molecule has 0 aliphatic carbocycles. The second-order valence-electron chi connectivity index (χ2n) is 18.8. The van der Waals surface area contributed by atoms with Crippen LogP contribution in [0.3, 0.4) is 0 Å². The zero-order valence-electron chi connectivity index (χ0n) is 45.9. The number of carbonyl (C=O) groups is 3. The summed E-state index contributed by atoms with van der Waals surface area (Å²) < 4.78 is 16.8. The van der Waals surface area contributed by atoms with Gasteiger partial charge in [-0.15, -0.1) is 0 Å². The quantitative estimate of drug-likeness (QED) is 0.0261. The molecule has 0 radical (unpaired) electrons. The van der Waals surface area contributed by atoms with Gasteiger partial charge in [0.2, 0.25) is 0 Å². The molecular weight excluding hydrogens is 877 g/mol. The number of carbonyl (C=O) groups excluding carboxylic acids is 3. The molecule has 0 spiro atoms. The van der Waals surface area contributed by atoms with Gasteiger partial charge in [-0.2, -0.15) is 0 Å². The number of ether oxygens (including phenoxy) is 3. The van der Waals surface area contributed by atoms with E-state index in [1.165, 1.54) is 96.3 Å². The predicted octanol–water partition coefficient (Wildman–Crippen LogP) is 19.6. The molecule has 0 heterocycles. The van der Waals surface area contributed by atoms with E-state index in [-0.39, 0.29) is 37.5 Å². The molecule has 0 aromatic rings. The molecule has 0 aromatic heterocycles. The van der Waals surface area contributed by atoms with Crippen molar-refractivity contribution in [2.75, 3.05) is 13.2 Å². The molecule has 0 saturated heterocycles. The SMILES string of the molecule is CC/C=C\C/C=C\C/C=C\C/C=C\C/C=C\CCCC(=O)O[C@@H](COC(=O)CCCCCC/C=C\C/C=C\C/C=C\CCCCC)COC(=O)CCCCCCCCCCC/C=C\C/C=C\CCCCC. The van der Waals surface area contributed by atoms with Gasteiger partial charge in [0.15, 0.2) is 6.10 Å². The fraction of sp³-hybridized carbons (Fsp3) is 0.646. The van der Waals surface area contributed by atoms with E-state index in [2.05, 4.69) is 142 Å². The molecule has 0 aliphatic rings. The average Bonchev–Trinajstić information content (AvgIpc) is 3.37. The summed E-state index contributed by atoms with van der Waals surface area (Å²) in [6, 6.07) is 0. The zero-order chi connectivity index (χ0) is 51.4. The number of hydrogen-bond acceptors (Lipinski definition) is 6. The monoisotopic (exact) mass is 983 g/mol.